The van der Waals surface area contributed by atoms with Crippen LogP contribution in [0.2, 0.25) is 0 Å². The molecule has 1 aromatic carbocycles. The van der Waals surface area contributed by atoms with Crippen molar-refractivity contribution in [2.24, 2.45) is 0 Å². The van der Waals surface area contributed by atoms with E-state index in [2.05, 4.69) is 0 Å². The molecular weight excluding hydrogens is 191 g/mol. The van der Waals surface area contributed by atoms with Crippen LogP contribution in [0.15, 0.2) is 23.1 Å². The van der Waals surface area contributed by atoms with Gasteiger partial charge in [-0.2, -0.15) is 8.42 Å². The Morgan fingerprint density at radius 1 is 1.31 bits per heavy atom. The zero-order valence-corrected chi connectivity index (χ0v) is 7.58. The number of aromatic hydroxyl groups is 1. The van der Waals surface area contributed by atoms with Gasteiger partial charge in [-0.3, -0.25) is 4.55 Å². The molecule has 0 bridgehead atoms. The van der Waals surface area contributed by atoms with Gasteiger partial charge in [-0.15, -0.1) is 5.75 Å². The van der Waals surface area contributed by atoms with Gasteiger partial charge >= 0.3 is 18.9 Å². The van der Waals surface area contributed by atoms with Crippen molar-refractivity contribution in [2.45, 2.75) is 4.90 Å². The van der Waals surface area contributed by atoms with Gasteiger partial charge < -0.3 is 10.2 Å². The quantitative estimate of drug-likeness (QED) is 0.362. The summed E-state index contributed by atoms with van der Waals surface area (Å²) in [5.74, 6) is -1.24. The van der Waals surface area contributed by atoms with Gasteiger partial charge in [0, 0.05) is 0 Å². The minimum absolute atomic E-state index is 0. The Morgan fingerprint density at radius 3 is 2.23 bits per heavy atom. The van der Waals surface area contributed by atoms with E-state index in [1.54, 1.807) is 0 Å². The fourth-order valence-corrected chi connectivity index (χ4v) is 1.30. The average Bonchev–Trinajstić information content (AvgIpc) is 1.92. The van der Waals surface area contributed by atoms with Crippen LogP contribution in [0.3, 0.4) is 0 Å². The Hall–Kier alpha value is -0.673. The summed E-state index contributed by atoms with van der Waals surface area (Å²) in [4.78, 5) is -0.769. The molecule has 0 aliphatic carbocycles. The van der Waals surface area contributed by atoms with E-state index in [1.807, 2.05) is 0 Å². The van der Waals surface area contributed by atoms with E-state index in [9.17, 15) is 13.5 Å². The number of hydrogen-bond donors (Lipinski definition) is 2. The van der Waals surface area contributed by atoms with Gasteiger partial charge in [0.05, 0.1) is 0 Å². The molecule has 0 fully saturated rings. The van der Waals surface area contributed by atoms with Crippen LogP contribution in [-0.4, -0.2) is 18.1 Å². The van der Waals surface area contributed by atoms with Crippen LogP contribution in [0.1, 0.15) is 0 Å². The first kappa shape index (κ1) is 12.3. The number of hydrogen-bond acceptors (Lipinski definition) is 4. The van der Waals surface area contributed by atoms with Crippen molar-refractivity contribution in [3.05, 3.63) is 18.2 Å². The molecule has 1 aromatic rings. The van der Waals surface area contributed by atoms with Crippen molar-refractivity contribution >= 4 is 10.1 Å². The Kier molecular flexibility index (Phi) is 3.82. The molecule has 2 N–H and O–H groups in total. The molecule has 7 heteroatoms. The minimum Gasteiger partial charge on any atom is -0.872 e. The second-order valence-corrected chi connectivity index (χ2v) is 3.49. The third kappa shape index (κ3) is 2.93. The van der Waals surface area contributed by atoms with Crippen LogP contribution in [0, 0.1) is 0 Å². The maximum absolute atomic E-state index is 10.6. The Balaban J connectivity index is 0.00000144. The third-order valence-corrected chi connectivity index (χ3v) is 2.09. The third-order valence-electron chi connectivity index (χ3n) is 1.21. The van der Waals surface area contributed by atoms with E-state index in [1.165, 1.54) is 0 Å². The van der Waals surface area contributed by atoms with Gasteiger partial charge in [0.15, 0.2) is 0 Å². The zero-order chi connectivity index (χ0) is 9.35. The Bertz CT molecular complexity index is 399. The van der Waals surface area contributed by atoms with Gasteiger partial charge in [0.2, 0.25) is 0 Å². The van der Waals surface area contributed by atoms with Crippen molar-refractivity contribution in [3.8, 4) is 11.5 Å². The maximum atomic E-state index is 10.6. The number of phenolic OH excluding ortho intramolecular Hbond substituents is 1. The van der Waals surface area contributed by atoms with Crippen LogP contribution in [-0.2, 0) is 10.1 Å². The second kappa shape index (κ2) is 4.02. The molecule has 66 valence electrons. The summed E-state index contributed by atoms with van der Waals surface area (Å²) < 4.78 is 29.4. The fraction of sp³-hybridized carbons (Fsp3) is 0. The van der Waals surface area contributed by atoms with Gasteiger partial charge in [-0.25, -0.2) is 0 Å². The summed E-state index contributed by atoms with van der Waals surface area (Å²) in [6.45, 7) is 0. The van der Waals surface area contributed by atoms with E-state index in [-0.39, 0.29) is 18.9 Å². The molecule has 0 aromatic heterocycles. The molecule has 1 rings (SSSR count). The summed E-state index contributed by atoms with van der Waals surface area (Å²) in [6.07, 6.45) is 0. The van der Waals surface area contributed by atoms with Crippen molar-refractivity contribution in [3.63, 3.8) is 0 Å². The molecule has 0 aliphatic rings. The normalized spacial score (nSPS) is 10.5. The predicted molar refractivity (Wildman–Crippen MR) is 37.4 cm³/mol. The molecule has 0 heterocycles. The van der Waals surface area contributed by atoms with E-state index < -0.39 is 26.5 Å². The zero-order valence-electron chi connectivity index (χ0n) is 6.76. The molecule has 13 heavy (non-hydrogen) atoms. The van der Waals surface area contributed by atoms with Crippen molar-refractivity contribution < 1.29 is 42.0 Å². The number of rotatable bonds is 1. The SMILES string of the molecule is O=S(=O)(O)c1cc([O-])ccc1O.[Li+]. The van der Waals surface area contributed by atoms with Crippen LogP contribution >= 0.6 is 0 Å². The molecule has 0 saturated carbocycles. The van der Waals surface area contributed by atoms with Gasteiger partial charge in [-0.05, 0) is 12.1 Å². The average molecular weight is 196 g/mol. The van der Waals surface area contributed by atoms with Crippen LogP contribution in [0.5, 0.6) is 11.5 Å². The molecule has 0 radical (unpaired) electrons. The van der Waals surface area contributed by atoms with E-state index in [0.29, 0.717) is 6.07 Å². The Morgan fingerprint density at radius 2 is 1.85 bits per heavy atom. The Labute approximate surface area is 86.9 Å². The smallest absolute Gasteiger partial charge is 0.872 e. The molecule has 0 saturated heterocycles. The van der Waals surface area contributed by atoms with E-state index in [0.717, 1.165) is 12.1 Å². The first-order chi connectivity index (χ1) is 5.41. The van der Waals surface area contributed by atoms with Crippen LogP contribution in [0.4, 0.5) is 0 Å². The maximum Gasteiger partial charge on any atom is 1.00 e. The van der Waals surface area contributed by atoms with Crippen LogP contribution in [0.25, 0.3) is 0 Å². The predicted octanol–water partition coefficient (Wildman–Crippen LogP) is -3.28. The molecule has 0 aliphatic heterocycles. The molecule has 0 amide bonds. The summed E-state index contributed by atoms with van der Waals surface area (Å²) in [5.41, 5.74) is 0. The molecule has 0 unspecified atom stereocenters. The molecule has 5 nitrogen and oxygen atoms in total. The fourth-order valence-electron chi connectivity index (χ4n) is 0.701. The molecule has 0 atom stereocenters. The minimum atomic E-state index is -4.51. The van der Waals surface area contributed by atoms with Gasteiger partial charge in [0.25, 0.3) is 10.1 Å². The summed E-state index contributed by atoms with van der Waals surface area (Å²) in [7, 11) is -4.51. The first-order valence-corrected chi connectivity index (χ1v) is 4.33. The largest absolute Gasteiger partial charge is 1.00 e. The van der Waals surface area contributed by atoms with Gasteiger partial charge in [0.1, 0.15) is 10.6 Å². The first-order valence-electron chi connectivity index (χ1n) is 2.89. The number of benzene rings is 1. The second-order valence-electron chi connectivity index (χ2n) is 2.10. The number of phenols is 1. The summed E-state index contributed by atoms with van der Waals surface area (Å²) in [6, 6.07) is 2.54. The van der Waals surface area contributed by atoms with Crippen molar-refractivity contribution in [1.82, 2.24) is 0 Å². The van der Waals surface area contributed by atoms with Crippen molar-refractivity contribution in [2.75, 3.05) is 0 Å². The van der Waals surface area contributed by atoms with E-state index >= 15 is 0 Å². The van der Waals surface area contributed by atoms with Crippen molar-refractivity contribution in [1.29, 1.82) is 0 Å². The topological polar surface area (TPSA) is 97.7 Å². The standard InChI is InChI=1S/C6H6O5S.Li/c7-4-1-2-5(8)6(3-4)12(9,10)11;/h1-3,7-8H,(H,9,10,11);/q;+1/p-1. The summed E-state index contributed by atoms with van der Waals surface area (Å²) >= 11 is 0. The van der Waals surface area contributed by atoms with E-state index in [4.69, 9.17) is 9.66 Å². The monoisotopic (exact) mass is 196 g/mol. The molecular formula is C6H5LiO5S. The molecule has 0 spiro atoms. The summed E-state index contributed by atoms with van der Waals surface area (Å²) in [5, 5.41) is 19.5. The van der Waals surface area contributed by atoms with Gasteiger partial charge in [-0.1, -0.05) is 6.07 Å². The van der Waals surface area contributed by atoms with Crippen LogP contribution < -0.4 is 24.0 Å².